The molecule has 2 aromatic carbocycles. The van der Waals surface area contributed by atoms with Crippen molar-refractivity contribution in [2.45, 2.75) is 86.9 Å². The molecule has 230 valence electrons. The molecule has 1 amide bonds. The molecule has 1 N–H and O–H groups in total. The van der Waals surface area contributed by atoms with E-state index in [1.54, 1.807) is 57.7 Å². The number of nitrogens with one attached hydrogen (secondary N) is 1. The molecule has 2 aromatic rings. The Morgan fingerprint density at radius 3 is 2.35 bits per heavy atom. The number of carbonyl (C=O) groups excluding carboxylic acids is 1. The summed E-state index contributed by atoms with van der Waals surface area (Å²) < 4.78 is 56.9. The SMILES string of the molecule is CC1(C)N=C(C23CC(N(Cc4ccc(Cl)c(Cl)c4)S(=O)(=O)c4ccccc4)(C2)C3)N[C@H]1C(=O)N1CCC2(C1)CC(F)(F)C2. The average molecular weight is 652 g/mol. The Hall–Kier alpha value is -2.27. The Morgan fingerprint density at radius 2 is 1.72 bits per heavy atom. The highest BCUT2D eigenvalue weighted by molar-refractivity contribution is 7.89. The van der Waals surface area contributed by atoms with Gasteiger partial charge in [-0.25, -0.2) is 17.2 Å². The lowest BCUT2D eigenvalue weighted by molar-refractivity contribution is -0.159. The fourth-order valence-electron chi connectivity index (χ4n) is 8.25. The van der Waals surface area contributed by atoms with E-state index < -0.39 is 38.5 Å². The van der Waals surface area contributed by atoms with Gasteiger partial charge < -0.3 is 10.2 Å². The van der Waals surface area contributed by atoms with Gasteiger partial charge in [0.25, 0.3) is 0 Å². The van der Waals surface area contributed by atoms with Crippen LogP contribution in [0.1, 0.15) is 57.9 Å². The molecule has 2 bridgehead atoms. The normalized spacial score (nSPS) is 31.2. The van der Waals surface area contributed by atoms with Gasteiger partial charge in [0.1, 0.15) is 11.9 Å². The number of benzene rings is 2. The summed E-state index contributed by atoms with van der Waals surface area (Å²) in [6.07, 6.45) is 2.05. The van der Waals surface area contributed by atoms with E-state index in [9.17, 15) is 22.0 Å². The second kappa shape index (κ2) is 9.37. The fourth-order valence-corrected chi connectivity index (χ4v) is 10.4. The first-order valence-corrected chi connectivity index (χ1v) is 16.8. The summed E-state index contributed by atoms with van der Waals surface area (Å²) in [6, 6.07) is 13.0. The van der Waals surface area contributed by atoms with Crippen molar-refractivity contribution < 1.29 is 22.0 Å². The van der Waals surface area contributed by atoms with E-state index in [-0.39, 0.29) is 35.6 Å². The van der Waals surface area contributed by atoms with E-state index in [0.717, 1.165) is 11.4 Å². The minimum Gasteiger partial charge on any atom is -0.360 e. The van der Waals surface area contributed by atoms with Gasteiger partial charge in [0.2, 0.25) is 21.9 Å². The van der Waals surface area contributed by atoms with Crippen molar-refractivity contribution in [3.05, 3.63) is 64.1 Å². The predicted octanol–water partition coefficient (Wildman–Crippen LogP) is 5.90. The lowest BCUT2D eigenvalue weighted by atomic mass is 9.38. The Labute approximate surface area is 260 Å². The van der Waals surface area contributed by atoms with Gasteiger partial charge in [0.15, 0.2) is 0 Å². The Balaban J connectivity index is 1.09. The van der Waals surface area contributed by atoms with Crippen molar-refractivity contribution in [1.29, 1.82) is 0 Å². The number of aliphatic imine (C=N–C) groups is 1. The molecule has 0 unspecified atom stereocenters. The van der Waals surface area contributed by atoms with Crippen LogP contribution in [0.5, 0.6) is 0 Å². The molecule has 12 heteroatoms. The summed E-state index contributed by atoms with van der Waals surface area (Å²) in [5.41, 5.74) is -1.37. The number of hydrogen-bond donors (Lipinski definition) is 1. The van der Waals surface area contributed by atoms with Crippen molar-refractivity contribution in [1.82, 2.24) is 14.5 Å². The minimum atomic E-state index is -3.84. The molecular weight excluding hydrogens is 617 g/mol. The van der Waals surface area contributed by atoms with Gasteiger partial charge in [-0.15, -0.1) is 0 Å². The number of carbonyl (C=O) groups is 1. The fraction of sp³-hybridized carbons (Fsp3) is 0.548. The van der Waals surface area contributed by atoms with Crippen molar-refractivity contribution in [3.63, 3.8) is 0 Å². The summed E-state index contributed by atoms with van der Waals surface area (Å²) in [6.45, 7) is 4.81. The second-order valence-corrected chi connectivity index (χ2v) is 16.7. The van der Waals surface area contributed by atoms with Crippen LogP contribution < -0.4 is 5.32 Å². The molecule has 7 nitrogen and oxygen atoms in total. The van der Waals surface area contributed by atoms with Gasteiger partial charge in [-0.1, -0.05) is 47.5 Å². The van der Waals surface area contributed by atoms with E-state index in [4.69, 9.17) is 28.2 Å². The second-order valence-electron chi connectivity index (χ2n) is 14.0. The molecule has 8 rings (SSSR count). The molecule has 4 aliphatic carbocycles. The first-order valence-electron chi connectivity index (χ1n) is 14.6. The number of halogens is 4. The summed E-state index contributed by atoms with van der Waals surface area (Å²) in [5.74, 6) is -1.99. The van der Waals surface area contributed by atoms with Crippen molar-refractivity contribution >= 4 is 45.0 Å². The monoisotopic (exact) mass is 650 g/mol. The summed E-state index contributed by atoms with van der Waals surface area (Å²) in [7, 11) is -3.84. The Morgan fingerprint density at radius 1 is 1.05 bits per heavy atom. The van der Waals surface area contributed by atoms with E-state index >= 15 is 0 Å². The third kappa shape index (κ3) is 4.61. The number of hydrogen-bond acceptors (Lipinski definition) is 5. The number of amides is 1. The standard InChI is InChI=1S/C31H34Cl2F2N4O3S/c1-27(2)24(25(40)38-11-10-28(19-38)14-31(34,35)15-28)36-26(37-27)29-16-30(17-29,18-29)39(13-20-8-9-22(32)23(33)12-20)43(41,42)21-6-4-3-5-7-21/h3-9,12,24H,10-11,13-19H2,1-2H3,(H,36,37)/t24-,29?,30?/m0/s1. The lowest BCUT2D eigenvalue weighted by Crippen LogP contribution is -2.78. The largest absolute Gasteiger partial charge is 0.360 e. The molecule has 2 heterocycles. The first kappa shape index (κ1) is 29.4. The maximum absolute atomic E-state index is 14.0. The topological polar surface area (TPSA) is 82.1 Å². The molecular formula is C31H34Cl2F2N4O3S. The highest BCUT2D eigenvalue weighted by atomic mass is 35.5. The highest BCUT2D eigenvalue weighted by Crippen LogP contribution is 2.71. The molecule has 43 heavy (non-hydrogen) atoms. The molecule has 5 fully saturated rings. The van der Waals surface area contributed by atoms with Crippen LogP contribution >= 0.6 is 23.2 Å². The van der Waals surface area contributed by atoms with Crippen LogP contribution in [0, 0.1) is 10.8 Å². The smallest absolute Gasteiger partial charge is 0.249 e. The highest BCUT2D eigenvalue weighted by Gasteiger charge is 2.75. The molecule has 6 aliphatic rings. The number of likely N-dealkylation sites (tertiary alicyclic amines) is 1. The van der Waals surface area contributed by atoms with Gasteiger partial charge in [-0.05, 0) is 69.4 Å². The van der Waals surface area contributed by atoms with Crippen molar-refractivity contribution in [2.75, 3.05) is 13.1 Å². The number of amidine groups is 1. The lowest BCUT2D eigenvalue weighted by Gasteiger charge is -2.72. The van der Waals surface area contributed by atoms with Crippen molar-refractivity contribution in [2.24, 2.45) is 15.8 Å². The molecule has 4 saturated carbocycles. The van der Waals surface area contributed by atoms with Gasteiger partial charge in [0.05, 0.1) is 20.5 Å². The third-order valence-corrected chi connectivity index (χ3v) is 13.0. The van der Waals surface area contributed by atoms with Crippen LogP contribution in [-0.4, -0.2) is 65.5 Å². The molecule has 1 saturated heterocycles. The van der Waals surface area contributed by atoms with Crippen LogP contribution in [0.15, 0.2) is 58.4 Å². The maximum atomic E-state index is 14.0. The average Bonchev–Trinajstić information content (AvgIpc) is 3.44. The molecule has 1 spiro atoms. The van der Waals surface area contributed by atoms with Crippen LogP contribution in [0.2, 0.25) is 10.0 Å². The van der Waals surface area contributed by atoms with Gasteiger partial charge in [0, 0.05) is 48.8 Å². The third-order valence-electron chi connectivity index (χ3n) is 10.3. The number of rotatable bonds is 7. The number of nitrogens with zero attached hydrogens (tertiary/aromatic N) is 3. The molecule has 1 atom stereocenters. The summed E-state index contributed by atoms with van der Waals surface area (Å²) in [5, 5.41) is 4.18. The van der Waals surface area contributed by atoms with Gasteiger partial charge in [-0.2, -0.15) is 4.31 Å². The number of sulfonamides is 1. The van der Waals surface area contributed by atoms with E-state index in [1.165, 1.54) is 0 Å². The predicted molar refractivity (Wildman–Crippen MR) is 161 cm³/mol. The van der Waals surface area contributed by atoms with Gasteiger partial charge >= 0.3 is 0 Å². The van der Waals surface area contributed by atoms with Crippen molar-refractivity contribution in [3.8, 4) is 0 Å². The summed E-state index contributed by atoms with van der Waals surface area (Å²) >= 11 is 12.4. The zero-order valence-corrected chi connectivity index (χ0v) is 26.4. The summed E-state index contributed by atoms with van der Waals surface area (Å²) in [4.78, 5) is 20.6. The van der Waals surface area contributed by atoms with Crippen LogP contribution in [0.4, 0.5) is 8.78 Å². The van der Waals surface area contributed by atoms with E-state index in [1.807, 2.05) is 13.8 Å². The quantitative estimate of drug-likeness (QED) is 0.404. The zero-order valence-electron chi connectivity index (χ0n) is 24.0. The first-order chi connectivity index (χ1) is 20.1. The van der Waals surface area contributed by atoms with E-state index in [2.05, 4.69) is 5.32 Å². The maximum Gasteiger partial charge on any atom is 0.249 e. The zero-order chi connectivity index (χ0) is 30.6. The van der Waals surface area contributed by atoms with Crippen LogP contribution in [0.3, 0.4) is 0 Å². The Kier molecular flexibility index (Phi) is 6.42. The molecule has 2 aliphatic heterocycles. The molecule has 0 aromatic heterocycles. The van der Waals surface area contributed by atoms with Crippen LogP contribution in [-0.2, 0) is 21.4 Å². The number of alkyl halides is 2. The van der Waals surface area contributed by atoms with Gasteiger partial charge in [-0.3, -0.25) is 9.79 Å². The molecule has 0 radical (unpaired) electrons. The Bertz CT molecular complexity index is 1620. The minimum absolute atomic E-state index is 0.106. The van der Waals surface area contributed by atoms with E-state index in [0.29, 0.717) is 48.8 Å². The van der Waals surface area contributed by atoms with Crippen LogP contribution in [0.25, 0.3) is 0 Å².